The molecule has 0 spiro atoms. The first-order chi connectivity index (χ1) is 29.2. The zero-order valence-corrected chi connectivity index (χ0v) is 32.8. The van der Waals surface area contributed by atoms with Crippen LogP contribution in [0.4, 0.5) is 17.1 Å². The lowest BCUT2D eigenvalue weighted by molar-refractivity contribution is 0.669. The largest absolute Gasteiger partial charge is 0.456 e. The third kappa shape index (κ3) is 5.55. The average molecular weight is 770 g/mol. The van der Waals surface area contributed by atoms with Gasteiger partial charge in [-0.3, -0.25) is 0 Å². The topological polar surface area (TPSA) is 16.4 Å². The Labute approximate surface area is 345 Å². The summed E-state index contributed by atoms with van der Waals surface area (Å²) in [5, 5.41) is 9.62. The average Bonchev–Trinajstić information content (AvgIpc) is 3.86. The predicted octanol–water partition coefficient (Wildman–Crippen LogP) is 16.7. The van der Waals surface area contributed by atoms with Gasteiger partial charge in [-0.2, -0.15) is 0 Å². The first kappa shape index (κ1) is 33.7. The summed E-state index contributed by atoms with van der Waals surface area (Å²) in [5.74, 6) is 0. The van der Waals surface area contributed by atoms with Gasteiger partial charge in [-0.1, -0.05) is 158 Å². The van der Waals surface area contributed by atoms with Crippen LogP contribution in [0, 0.1) is 0 Å². The van der Waals surface area contributed by atoms with Gasteiger partial charge in [0.15, 0.2) is 0 Å². The zero-order valence-electron chi connectivity index (χ0n) is 32.0. The van der Waals surface area contributed by atoms with E-state index in [1.54, 1.807) is 0 Å². The predicted molar refractivity (Wildman–Crippen MR) is 253 cm³/mol. The van der Waals surface area contributed by atoms with Crippen LogP contribution < -0.4 is 4.90 Å². The Bertz CT molecular complexity index is 3580. The summed E-state index contributed by atoms with van der Waals surface area (Å²) in [5.41, 5.74) is 12.3. The maximum Gasteiger partial charge on any atom is 0.136 e. The molecule has 0 saturated heterocycles. The molecule has 12 aromatic rings. The quantitative estimate of drug-likeness (QED) is 0.157. The van der Waals surface area contributed by atoms with Gasteiger partial charge >= 0.3 is 0 Å². The molecule has 0 saturated carbocycles. The number of para-hydroxylation sites is 2. The lowest BCUT2D eigenvalue weighted by Crippen LogP contribution is -2.11. The highest BCUT2D eigenvalue weighted by Gasteiger charge is 2.22. The van der Waals surface area contributed by atoms with E-state index in [2.05, 4.69) is 211 Å². The maximum atomic E-state index is 6.33. The van der Waals surface area contributed by atoms with E-state index in [1.165, 1.54) is 64.1 Å². The summed E-state index contributed by atoms with van der Waals surface area (Å²) in [4.78, 5) is 2.46. The number of fused-ring (bicyclic) bond motifs is 9. The SMILES string of the molecule is c1ccc(-c2ccccc2-c2ccccc2-c2ccccc2N(c2ccc3c(c2)sc2ccccc23)c2ccc3ccc4cc5oc6ccccc6c5cc4c3c2)cc1. The van der Waals surface area contributed by atoms with Crippen LogP contribution in [0.3, 0.4) is 0 Å². The molecule has 0 N–H and O–H groups in total. The molecule has 2 heterocycles. The Morgan fingerprint density at radius 3 is 1.75 bits per heavy atom. The van der Waals surface area contributed by atoms with Crippen molar-refractivity contribution in [3.63, 3.8) is 0 Å². The van der Waals surface area contributed by atoms with Gasteiger partial charge in [0.25, 0.3) is 0 Å². The summed E-state index contributed by atoms with van der Waals surface area (Å²) < 4.78 is 8.90. The van der Waals surface area contributed by atoms with Crippen molar-refractivity contribution in [2.45, 2.75) is 0 Å². The van der Waals surface area contributed by atoms with Crippen molar-refractivity contribution in [1.29, 1.82) is 0 Å². The monoisotopic (exact) mass is 769 g/mol. The van der Waals surface area contributed by atoms with Gasteiger partial charge in [0, 0.05) is 47.9 Å². The van der Waals surface area contributed by atoms with Crippen LogP contribution >= 0.6 is 11.3 Å². The highest BCUT2D eigenvalue weighted by molar-refractivity contribution is 7.25. The third-order valence-electron chi connectivity index (χ3n) is 11.9. The molecule has 0 amide bonds. The Kier molecular flexibility index (Phi) is 7.75. The molecule has 0 radical (unpaired) electrons. The number of hydrogen-bond donors (Lipinski definition) is 0. The first-order valence-electron chi connectivity index (χ1n) is 20.1. The van der Waals surface area contributed by atoms with E-state index >= 15 is 0 Å². The summed E-state index contributed by atoms with van der Waals surface area (Å²) in [6.45, 7) is 0. The summed E-state index contributed by atoms with van der Waals surface area (Å²) in [7, 11) is 0. The molecular formula is C56H35NOS. The normalized spacial score (nSPS) is 11.7. The van der Waals surface area contributed by atoms with Gasteiger partial charge in [-0.15, -0.1) is 11.3 Å². The van der Waals surface area contributed by atoms with E-state index in [0.29, 0.717) is 0 Å². The second kappa shape index (κ2) is 13.6. The maximum absolute atomic E-state index is 6.33. The molecule has 0 aliphatic heterocycles. The number of thiophene rings is 1. The van der Waals surface area contributed by atoms with Crippen molar-refractivity contribution < 1.29 is 4.42 Å². The molecule has 276 valence electrons. The number of rotatable bonds is 6. The molecule has 59 heavy (non-hydrogen) atoms. The summed E-state index contributed by atoms with van der Waals surface area (Å²) in [6, 6.07) is 77.2. The van der Waals surface area contributed by atoms with Crippen molar-refractivity contribution in [3.05, 3.63) is 212 Å². The van der Waals surface area contributed by atoms with Crippen molar-refractivity contribution in [2.24, 2.45) is 0 Å². The minimum absolute atomic E-state index is 0.911. The summed E-state index contributed by atoms with van der Waals surface area (Å²) in [6.07, 6.45) is 0. The van der Waals surface area contributed by atoms with Crippen molar-refractivity contribution >= 4 is 92.1 Å². The molecule has 0 unspecified atom stereocenters. The van der Waals surface area contributed by atoms with Crippen LogP contribution in [0.15, 0.2) is 217 Å². The van der Waals surface area contributed by atoms with Crippen molar-refractivity contribution in [1.82, 2.24) is 0 Å². The minimum atomic E-state index is 0.911. The molecule has 0 aliphatic carbocycles. The number of benzene rings is 10. The van der Waals surface area contributed by atoms with Gasteiger partial charge in [-0.05, 0) is 104 Å². The van der Waals surface area contributed by atoms with Crippen LogP contribution in [0.2, 0.25) is 0 Å². The zero-order chi connectivity index (χ0) is 38.9. The fraction of sp³-hybridized carbons (Fsp3) is 0. The van der Waals surface area contributed by atoms with Gasteiger partial charge in [0.2, 0.25) is 0 Å². The molecule has 10 aromatic carbocycles. The van der Waals surface area contributed by atoms with Crippen LogP contribution in [-0.2, 0) is 0 Å². The van der Waals surface area contributed by atoms with E-state index < -0.39 is 0 Å². The molecule has 2 nitrogen and oxygen atoms in total. The smallest absolute Gasteiger partial charge is 0.136 e. The molecule has 0 bridgehead atoms. The van der Waals surface area contributed by atoms with E-state index in [-0.39, 0.29) is 0 Å². The fourth-order valence-electron chi connectivity index (χ4n) is 9.12. The van der Waals surface area contributed by atoms with Gasteiger partial charge in [-0.25, -0.2) is 0 Å². The minimum Gasteiger partial charge on any atom is -0.456 e. The first-order valence-corrected chi connectivity index (χ1v) is 20.9. The molecule has 3 heteroatoms. The molecule has 0 aliphatic rings. The fourth-order valence-corrected chi connectivity index (χ4v) is 10.3. The van der Waals surface area contributed by atoms with Crippen LogP contribution in [-0.4, -0.2) is 0 Å². The molecular weight excluding hydrogens is 735 g/mol. The lowest BCUT2D eigenvalue weighted by Gasteiger charge is -2.29. The van der Waals surface area contributed by atoms with E-state index in [4.69, 9.17) is 4.42 Å². The number of anilines is 3. The molecule has 2 aromatic heterocycles. The van der Waals surface area contributed by atoms with Crippen LogP contribution in [0.5, 0.6) is 0 Å². The Hall–Kier alpha value is -7.46. The highest BCUT2D eigenvalue weighted by atomic mass is 32.1. The van der Waals surface area contributed by atoms with E-state index in [0.717, 1.165) is 50.0 Å². The Morgan fingerprint density at radius 1 is 0.322 bits per heavy atom. The van der Waals surface area contributed by atoms with Gasteiger partial charge < -0.3 is 9.32 Å². The second-order valence-corrected chi connectivity index (χ2v) is 16.3. The van der Waals surface area contributed by atoms with Gasteiger partial charge in [0.05, 0.1) is 5.69 Å². The highest BCUT2D eigenvalue weighted by Crippen LogP contribution is 2.47. The van der Waals surface area contributed by atoms with E-state index in [9.17, 15) is 0 Å². The second-order valence-electron chi connectivity index (χ2n) is 15.2. The number of nitrogens with zero attached hydrogens (tertiary/aromatic N) is 1. The number of furan rings is 1. The molecule has 0 fully saturated rings. The van der Waals surface area contributed by atoms with Crippen LogP contribution in [0.1, 0.15) is 0 Å². The van der Waals surface area contributed by atoms with E-state index in [1.807, 2.05) is 17.4 Å². The van der Waals surface area contributed by atoms with Crippen molar-refractivity contribution in [3.8, 4) is 33.4 Å². The summed E-state index contributed by atoms with van der Waals surface area (Å²) >= 11 is 1.86. The Morgan fingerprint density at radius 2 is 0.898 bits per heavy atom. The van der Waals surface area contributed by atoms with Crippen LogP contribution in [0.25, 0.3) is 97.0 Å². The third-order valence-corrected chi connectivity index (χ3v) is 13.0. The van der Waals surface area contributed by atoms with Gasteiger partial charge in [0.1, 0.15) is 11.2 Å². The number of hydrogen-bond acceptors (Lipinski definition) is 3. The Balaban J connectivity index is 1.11. The lowest BCUT2D eigenvalue weighted by atomic mass is 9.88. The molecule has 0 atom stereocenters. The van der Waals surface area contributed by atoms with Crippen molar-refractivity contribution in [2.75, 3.05) is 4.90 Å². The standard InChI is InChI=1S/C56H35NOS/c1-2-14-36(15-3-1)41-16-4-5-17-42(41)43-18-6-7-19-44(43)45-20-8-11-23-52(45)57(40-30-31-48-47-22-10-13-25-55(47)59-56(48)34-40)39-29-28-37-26-27-38-32-54-51(35-50(38)49(37)33-39)46-21-9-12-24-53(46)58-54/h1-35H. The molecule has 12 rings (SSSR count).